The number of carbonyl (C=O) groups excluding carboxylic acids is 1. The number of nitrogens with zero attached hydrogens (tertiary/aromatic N) is 1. The second-order valence-corrected chi connectivity index (χ2v) is 4.64. The summed E-state index contributed by atoms with van der Waals surface area (Å²) < 4.78 is 5.04. The number of hydrogen-bond donors (Lipinski definition) is 0. The Morgan fingerprint density at radius 2 is 2.38 bits per heavy atom. The first kappa shape index (κ1) is 10.2. The van der Waals surface area contributed by atoms with Crippen molar-refractivity contribution in [2.45, 2.75) is 27.4 Å². The van der Waals surface area contributed by atoms with Gasteiger partial charge in [0.15, 0.2) is 0 Å². The summed E-state index contributed by atoms with van der Waals surface area (Å²) in [5.74, 6) is -0.206. The summed E-state index contributed by atoms with van der Waals surface area (Å²) in [7, 11) is 0. The predicted octanol–water partition coefficient (Wildman–Crippen LogP) is 2.03. The van der Waals surface area contributed by atoms with Gasteiger partial charge in [-0.3, -0.25) is 4.79 Å². The van der Waals surface area contributed by atoms with Gasteiger partial charge in [-0.25, -0.2) is 4.98 Å². The second kappa shape index (κ2) is 3.87. The number of thiazole rings is 1. The van der Waals surface area contributed by atoms with E-state index >= 15 is 0 Å². The van der Waals surface area contributed by atoms with E-state index in [2.05, 4.69) is 11.2 Å². The molecule has 0 unspecified atom stereocenters. The normalized spacial score (nSPS) is 11.3. The maximum atomic E-state index is 11.3. The molecular weight excluding hydrogens is 186 g/mol. The minimum Gasteiger partial charge on any atom is -0.458 e. The highest BCUT2D eigenvalue weighted by atomic mass is 32.1. The molecule has 0 atom stereocenters. The van der Waals surface area contributed by atoms with E-state index in [1.54, 1.807) is 5.38 Å². The lowest BCUT2D eigenvalue weighted by Gasteiger charge is -2.15. The molecule has 0 N–H and O–H groups in total. The molecule has 1 aromatic heterocycles. The fourth-order valence-corrected chi connectivity index (χ4v) is 1.10. The molecule has 0 bridgehead atoms. The van der Waals surface area contributed by atoms with Gasteiger partial charge in [0.2, 0.25) is 0 Å². The van der Waals surface area contributed by atoms with Crippen molar-refractivity contribution in [3.05, 3.63) is 16.6 Å². The molecule has 3 nitrogen and oxygen atoms in total. The van der Waals surface area contributed by atoms with Crippen LogP contribution < -0.4 is 0 Å². The summed E-state index contributed by atoms with van der Waals surface area (Å²) in [5, 5.41) is 2.51. The van der Waals surface area contributed by atoms with E-state index in [1.807, 2.05) is 20.8 Å². The summed E-state index contributed by atoms with van der Waals surface area (Å²) in [4.78, 5) is 15.2. The average molecular weight is 198 g/mol. The maximum Gasteiger partial charge on any atom is 0.311 e. The Labute approximate surface area is 81.8 Å². The van der Waals surface area contributed by atoms with Gasteiger partial charge >= 0.3 is 5.97 Å². The summed E-state index contributed by atoms with van der Waals surface area (Å²) in [6.07, 6.45) is 2.67. The van der Waals surface area contributed by atoms with Gasteiger partial charge < -0.3 is 4.74 Å². The molecule has 0 amide bonds. The Morgan fingerprint density at radius 1 is 1.69 bits per heavy atom. The molecule has 1 heterocycles. The van der Waals surface area contributed by atoms with E-state index in [9.17, 15) is 4.79 Å². The van der Waals surface area contributed by atoms with Crippen LogP contribution in [0.5, 0.6) is 0 Å². The van der Waals surface area contributed by atoms with Crippen molar-refractivity contribution < 1.29 is 9.53 Å². The van der Waals surface area contributed by atoms with Crippen LogP contribution in [0.25, 0.3) is 0 Å². The van der Waals surface area contributed by atoms with E-state index in [4.69, 9.17) is 4.74 Å². The standard InChI is InChI=1S/C9H12NO2S/c1-9(2,3)8(11)12-6-7-10-4-5-13-7/h5H,6H2,1-3H3. The molecule has 0 fully saturated rings. The third kappa shape index (κ3) is 3.14. The summed E-state index contributed by atoms with van der Waals surface area (Å²) in [6, 6.07) is 0. The van der Waals surface area contributed by atoms with E-state index in [0.717, 1.165) is 5.01 Å². The lowest BCUT2D eigenvalue weighted by atomic mass is 9.97. The lowest BCUT2D eigenvalue weighted by molar-refractivity contribution is -0.154. The Hall–Kier alpha value is -0.900. The van der Waals surface area contributed by atoms with Crippen LogP contribution in [0, 0.1) is 11.6 Å². The summed E-state index contributed by atoms with van der Waals surface area (Å²) in [6.45, 7) is 5.72. The van der Waals surface area contributed by atoms with Gasteiger partial charge in [0.1, 0.15) is 17.8 Å². The van der Waals surface area contributed by atoms with Crippen LogP contribution in [0.4, 0.5) is 0 Å². The molecule has 13 heavy (non-hydrogen) atoms. The maximum absolute atomic E-state index is 11.3. The van der Waals surface area contributed by atoms with Crippen LogP contribution in [0.3, 0.4) is 0 Å². The van der Waals surface area contributed by atoms with Crippen LogP contribution in [0.15, 0.2) is 5.38 Å². The highest BCUT2D eigenvalue weighted by molar-refractivity contribution is 7.09. The van der Waals surface area contributed by atoms with Crippen molar-refractivity contribution in [3.8, 4) is 0 Å². The van der Waals surface area contributed by atoms with Crippen molar-refractivity contribution in [1.82, 2.24) is 4.98 Å². The van der Waals surface area contributed by atoms with Gasteiger partial charge in [-0.1, -0.05) is 0 Å². The van der Waals surface area contributed by atoms with Crippen molar-refractivity contribution in [1.29, 1.82) is 0 Å². The van der Waals surface area contributed by atoms with Crippen molar-refractivity contribution in [2.75, 3.05) is 0 Å². The average Bonchev–Trinajstić information content (AvgIpc) is 2.50. The quantitative estimate of drug-likeness (QED) is 0.682. The van der Waals surface area contributed by atoms with Crippen molar-refractivity contribution >= 4 is 17.3 Å². The molecule has 0 aliphatic carbocycles. The molecule has 0 aliphatic heterocycles. The van der Waals surface area contributed by atoms with Crippen molar-refractivity contribution in [3.63, 3.8) is 0 Å². The molecule has 1 aromatic rings. The van der Waals surface area contributed by atoms with E-state index < -0.39 is 5.41 Å². The van der Waals surface area contributed by atoms with Crippen LogP contribution in [-0.4, -0.2) is 11.0 Å². The Morgan fingerprint density at radius 3 is 2.85 bits per heavy atom. The number of ether oxygens (including phenoxy) is 1. The lowest BCUT2D eigenvalue weighted by Crippen LogP contribution is -2.22. The zero-order valence-electron chi connectivity index (χ0n) is 7.96. The number of aromatic nitrogens is 1. The Bertz CT molecular complexity index is 274. The predicted molar refractivity (Wildman–Crippen MR) is 50.2 cm³/mol. The number of rotatable bonds is 2. The van der Waals surface area contributed by atoms with Crippen LogP contribution in [-0.2, 0) is 16.1 Å². The summed E-state index contributed by atoms with van der Waals surface area (Å²) in [5.41, 5.74) is -0.443. The zero-order valence-corrected chi connectivity index (χ0v) is 8.77. The van der Waals surface area contributed by atoms with E-state index in [-0.39, 0.29) is 12.6 Å². The van der Waals surface area contributed by atoms with Crippen LogP contribution >= 0.6 is 11.3 Å². The molecule has 0 aliphatic rings. The van der Waals surface area contributed by atoms with Crippen LogP contribution in [0.2, 0.25) is 0 Å². The molecule has 1 rings (SSSR count). The number of carbonyl (C=O) groups is 1. The van der Waals surface area contributed by atoms with E-state index in [1.165, 1.54) is 11.3 Å². The smallest absolute Gasteiger partial charge is 0.311 e. The van der Waals surface area contributed by atoms with Gasteiger partial charge in [-0.2, -0.15) is 0 Å². The van der Waals surface area contributed by atoms with Crippen molar-refractivity contribution in [2.24, 2.45) is 5.41 Å². The summed E-state index contributed by atoms with van der Waals surface area (Å²) >= 11 is 1.43. The van der Waals surface area contributed by atoms with Gasteiger partial charge in [-0.15, -0.1) is 11.3 Å². The largest absolute Gasteiger partial charge is 0.458 e. The topological polar surface area (TPSA) is 39.2 Å². The SMILES string of the molecule is CC(C)(C)C(=O)OCc1n[c]cs1. The Balaban J connectivity index is 2.40. The minimum atomic E-state index is -0.443. The Kier molecular flexibility index (Phi) is 3.03. The fourth-order valence-electron chi connectivity index (χ4n) is 0.629. The zero-order chi connectivity index (χ0) is 9.90. The molecule has 0 saturated heterocycles. The van der Waals surface area contributed by atoms with Gasteiger partial charge in [-0.05, 0) is 20.8 Å². The fraction of sp³-hybridized carbons (Fsp3) is 0.556. The molecule has 4 heteroatoms. The molecule has 0 spiro atoms. The van der Waals surface area contributed by atoms with Gasteiger partial charge in [0, 0.05) is 5.38 Å². The number of esters is 1. The number of hydrogen-bond acceptors (Lipinski definition) is 4. The van der Waals surface area contributed by atoms with E-state index in [0.29, 0.717) is 0 Å². The second-order valence-electron chi connectivity index (χ2n) is 3.70. The monoisotopic (exact) mass is 198 g/mol. The first-order valence-corrected chi connectivity index (χ1v) is 4.86. The minimum absolute atomic E-state index is 0.206. The molecule has 0 aromatic carbocycles. The molecule has 0 saturated carbocycles. The third-order valence-corrected chi connectivity index (χ3v) is 2.08. The van der Waals surface area contributed by atoms with Gasteiger partial charge in [0.25, 0.3) is 0 Å². The highest BCUT2D eigenvalue weighted by Gasteiger charge is 2.23. The van der Waals surface area contributed by atoms with Gasteiger partial charge in [0.05, 0.1) is 5.41 Å². The molecular formula is C9H12NO2S. The molecule has 1 radical (unpaired) electrons. The highest BCUT2D eigenvalue weighted by Crippen LogP contribution is 2.16. The molecule has 71 valence electrons. The first-order valence-electron chi connectivity index (χ1n) is 3.98. The first-order chi connectivity index (χ1) is 6.00. The van der Waals surface area contributed by atoms with Crippen LogP contribution in [0.1, 0.15) is 25.8 Å². The third-order valence-electron chi connectivity index (χ3n) is 1.38.